The van der Waals surface area contributed by atoms with Gasteiger partial charge in [0.25, 0.3) is 5.56 Å². The number of hydrogen-bond donors (Lipinski definition) is 2. The lowest BCUT2D eigenvalue weighted by Crippen LogP contribution is -2.13. The lowest BCUT2D eigenvalue weighted by molar-refractivity contribution is 0.635. The van der Waals surface area contributed by atoms with Gasteiger partial charge in [-0.05, 0) is 29.5 Å². The molecule has 0 aliphatic rings. The highest BCUT2D eigenvalue weighted by Crippen LogP contribution is 2.17. The third-order valence-corrected chi connectivity index (χ3v) is 4.40. The number of nitrogens with one attached hydrogen (secondary N) is 1. The fourth-order valence-corrected chi connectivity index (χ4v) is 3.15. The van der Waals surface area contributed by atoms with Gasteiger partial charge in [-0.1, -0.05) is 13.3 Å². The van der Waals surface area contributed by atoms with Crippen LogP contribution < -0.4 is 11.3 Å². The minimum atomic E-state index is -0.0694. The Morgan fingerprint density at radius 3 is 3.14 bits per heavy atom. The average molecular weight is 302 g/mol. The fourth-order valence-electron chi connectivity index (χ4n) is 2.42. The van der Waals surface area contributed by atoms with Crippen molar-refractivity contribution in [2.24, 2.45) is 5.73 Å². The van der Waals surface area contributed by atoms with Crippen LogP contribution in [-0.4, -0.2) is 14.5 Å². The Kier molecular flexibility index (Phi) is 3.90. The Morgan fingerprint density at radius 1 is 1.48 bits per heavy atom. The maximum atomic E-state index is 11.9. The van der Waals surface area contributed by atoms with E-state index in [4.69, 9.17) is 5.73 Å². The van der Waals surface area contributed by atoms with E-state index >= 15 is 0 Å². The van der Waals surface area contributed by atoms with Gasteiger partial charge in [-0.15, -0.1) is 11.3 Å². The second-order valence-electron chi connectivity index (χ2n) is 5.16. The van der Waals surface area contributed by atoms with Crippen molar-refractivity contribution in [2.45, 2.75) is 32.4 Å². The molecule has 0 bridgehead atoms. The highest BCUT2D eigenvalue weighted by molar-refractivity contribution is 7.17. The summed E-state index contributed by atoms with van der Waals surface area (Å²) in [6.45, 7) is 2.67. The Hall–Kier alpha value is -1.92. The maximum Gasteiger partial charge on any atom is 0.268 e. The molecule has 0 spiro atoms. The summed E-state index contributed by atoms with van der Waals surface area (Å²) in [6.07, 6.45) is 6.04. The van der Waals surface area contributed by atoms with Gasteiger partial charge in [-0.25, -0.2) is 4.98 Å². The highest BCUT2D eigenvalue weighted by Gasteiger charge is 2.08. The number of aromatic nitrogens is 3. The molecular formula is C15H18N4OS. The van der Waals surface area contributed by atoms with Gasteiger partial charge in [0.05, 0.1) is 12.1 Å². The molecule has 0 amide bonds. The minimum Gasteiger partial charge on any atom is -0.346 e. The SMILES string of the molecule is CCCC(N)c1ccn(Cc2nc3ccsc3c(=O)[nH]2)c1. The van der Waals surface area contributed by atoms with Crippen molar-refractivity contribution < 1.29 is 0 Å². The van der Waals surface area contributed by atoms with Crippen LogP contribution in [0.25, 0.3) is 10.2 Å². The zero-order chi connectivity index (χ0) is 14.8. The summed E-state index contributed by atoms with van der Waals surface area (Å²) in [5.41, 5.74) is 7.92. The molecule has 0 saturated heterocycles. The number of nitrogens with two attached hydrogens (primary N) is 1. The van der Waals surface area contributed by atoms with Crippen molar-refractivity contribution >= 4 is 21.6 Å². The number of nitrogens with zero attached hydrogens (tertiary/aromatic N) is 2. The van der Waals surface area contributed by atoms with Crippen LogP contribution in [0.4, 0.5) is 0 Å². The van der Waals surface area contributed by atoms with E-state index < -0.39 is 0 Å². The van der Waals surface area contributed by atoms with Gasteiger partial charge in [0.2, 0.25) is 0 Å². The monoisotopic (exact) mass is 302 g/mol. The quantitative estimate of drug-likeness (QED) is 0.760. The average Bonchev–Trinajstić information content (AvgIpc) is 3.08. The first-order valence-electron chi connectivity index (χ1n) is 7.05. The number of rotatable bonds is 5. The maximum absolute atomic E-state index is 11.9. The van der Waals surface area contributed by atoms with Crippen LogP contribution in [0.3, 0.4) is 0 Å². The molecule has 0 radical (unpaired) electrons. The van der Waals surface area contributed by atoms with Gasteiger partial charge >= 0.3 is 0 Å². The van der Waals surface area contributed by atoms with Crippen LogP contribution in [0.5, 0.6) is 0 Å². The second kappa shape index (κ2) is 5.83. The Morgan fingerprint density at radius 2 is 2.33 bits per heavy atom. The first kappa shape index (κ1) is 14.0. The summed E-state index contributed by atoms with van der Waals surface area (Å²) in [7, 11) is 0. The summed E-state index contributed by atoms with van der Waals surface area (Å²) >= 11 is 1.41. The van der Waals surface area contributed by atoms with Crippen LogP contribution >= 0.6 is 11.3 Å². The molecule has 21 heavy (non-hydrogen) atoms. The molecule has 1 atom stereocenters. The van der Waals surface area contributed by atoms with Gasteiger partial charge in [-0.3, -0.25) is 4.79 Å². The van der Waals surface area contributed by atoms with Crippen LogP contribution in [0.2, 0.25) is 0 Å². The third kappa shape index (κ3) is 2.91. The van der Waals surface area contributed by atoms with Crippen LogP contribution in [0.1, 0.15) is 37.2 Å². The third-order valence-electron chi connectivity index (χ3n) is 3.50. The van der Waals surface area contributed by atoms with E-state index in [-0.39, 0.29) is 11.6 Å². The smallest absolute Gasteiger partial charge is 0.268 e. The number of hydrogen-bond acceptors (Lipinski definition) is 4. The largest absolute Gasteiger partial charge is 0.346 e. The second-order valence-corrected chi connectivity index (χ2v) is 6.08. The van der Waals surface area contributed by atoms with Gasteiger partial charge < -0.3 is 15.3 Å². The number of aromatic amines is 1. The molecule has 3 aromatic heterocycles. The summed E-state index contributed by atoms with van der Waals surface area (Å²) < 4.78 is 2.68. The number of thiophene rings is 1. The molecule has 3 N–H and O–H groups in total. The molecule has 0 saturated carbocycles. The first-order valence-corrected chi connectivity index (χ1v) is 7.93. The summed E-state index contributed by atoms with van der Waals surface area (Å²) in [5, 5.41) is 1.88. The molecule has 110 valence electrons. The zero-order valence-electron chi connectivity index (χ0n) is 11.9. The van der Waals surface area contributed by atoms with Crippen LogP contribution in [0.15, 0.2) is 34.7 Å². The Balaban J connectivity index is 1.83. The molecule has 3 rings (SSSR count). The summed E-state index contributed by atoms with van der Waals surface area (Å²) in [4.78, 5) is 19.3. The van der Waals surface area contributed by atoms with Crippen LogP contribution in [0, 0.1) is 0 Å². The molecule has 0 aliphatic heterocycles. The lowest BCUT2D eigenvalue weighted by atomic mass is 10.1. The predicted octanol–water partition coefficient (Wildman–Crippen LogP) is 2.63. The molecule has 6 heteroatoms. The van der Waals surface area contributed by atoms with Crippen molar-refractivity contribution in [3.63, 3.8) is 0 Å². The van der Waals surface area contributed by atoms with Gasteiger partial charge in [0.15, 0.2) is 0 Å². The van der Waals surface area contributed by atoms with Gasteiger partial charge in [0, 0.05) is 18.4 Å². The van der Waals surface area contributed by atoms with Crippen molar-refractivity contribution in [1.29, 1.82) is 0 Å². The van der Waals surface area contributed by atoms with Crippen molar-refractivity contribution in [2.75, 3.05) is 0 Å². The zero-order valence-corrected chi connectivity index (χ0v) is 12.7. The normalized spacial score (nSPS) is 12.9. The predicted molar refractivity (Wildman–Crippen MR) is 85.6 cm³/mol. The first-order chi connectivity index (χ1) is 10.2. The van der Waals surface area contributed by atoms with E-state index in [0.29, 0.717) is 17.1 Å². The summed E-state index contributed by atoms with van der Waals surface area (Å²) in [5.74, 6) is 0.664. The highest BCUT2D eigenvalue weighted by atomic mass is 32.1. The van der Waals surface area contributed by atoms with E-state index in [2.05, 4.69) is 16.9 Å². The van der Waals surface area contributed by atoms with E-state index in [0.717, 1.165) is 23.9 Å². The molecule has 5 nitrogen and oxygen atoms in total. The molecule has 0 aliphatic carbocycles. The van der Waals surface area contributed by atoms with E-state index in [1.165, 1.54) is 11.3 Å². The topological polar surface area (TPSA) is 76.7 Å². The van der Waals surface area contributed by atoms with Crippen molar-refractivity contribution in [3.8, 4) is 0 Å². The van der Waals surface area contributed by atoms with E-state index in [9.17, 15) is 4.79 Å². The van der Waals surface area contributed by atoms with Gasteiger partial charge in [0.1, 0.15) is 10.5 Å². The molecule has 3 aromatic rings. The molecule has 0 fully saturated rings. The molecule has 1 unspecified atom stereocenters. The number of H-pyrrole nitrogens is 1. The fraction of sp³-hybridized carbons (Fsp3) is 0.333. The number of fused-ring (bicyclic) bond motifs is 1. The summed E-state index contributed by atoms with van der Waals surface area (Å²) in [6, 6.07) is 3.97. The minimum absolute atomic E-state index is 0.0694. The Labute approximate surface area is 126 Å². The standard InChI is InChI=1S/C15H18N4OS/c1-2-3-11(16)10-4-6-19(8-10)9-13-17-12-5-7-21-14(12)15(20)18-13/h4-8,11H,2-3,9,16H2,1H3,(H,17,18,20). The molecule has 0 aromatic carbocycles. The van der Waals surface area contributed by atoms with Crippen molar-refractivity contribution in [1.82, 2.24) is 14.5 Å². The molecular weight excluding hydrogens is 284 g/mol. The van der Waals surface area contributed by atoms with E-state index in [1.54, 1.807) is 0 Å². The van der Waals surface area contributed by atoms with Gasteiger partial charge in [-0.2, -0.15) is 0 Å². The van der Waals surface area contributed by atoms with Crippen LogP contribution in [-0.2, 0) is 6.54 Å². The van der Waals surface area contributed by atoms with Crippen molar-refractivity contribution in [3.05, 3.63) is 51.6 Å². The van der Waals surface area contributed by atoms with E-state index in [1.807, 2.05) is 34.5 Å². The molecule has 3 heterocycles. The lowest BCUT2D eigenvalue weighted by Gasteiger charge is -2.07. The Bertz CT molecular complexity index is 801.